The number of furan rings is 1. The average molecular weight is 313 g/mol. The second-order valence-electron chi connectivity index (χ2n) is 3.08. The summed E-state index contributed by atoms with van der Waals surface area (Å²) in [4.78, 5) is 9.84. The van der Waals surface area contributed by atoms with Crippen molar-refractivity contribution in [3.63, 3.8) is 0 Å². The van der Waals surface area contributed by atoms with Crippen molar-refractivity contribution < 1.29 is 9.34 Å². The van der Waals surface area contributed by atoms with Crippen LogP contribution in [-0.4, -0.2) is 4.92 Å². The van der Waals surface area contributed by atoms with Gasteiger partial charge in [-0.05, 0) is 12.1 Å². The van der Waals surface area contributed by atoms with Crippen molar-refractivity contribution in [3.05, 3.63) is 48.3 Å². The first-order valence-electron chi connectivity index (χ1n) is 4.32. The van der Waals surface area contributed by atoms with E-state index in [1.165, 1.54) is 23.5 Å². The highest BCUT2D eigenvalue weighted by Gasteiger charge is 2.22. The Balaban J connectivity index is 2.33. The lowest BCUT2D eigenvalue weighted by atomic mass is 10.2. The predicted octanol–water partition coefficient (Wildman–Crippen LogP) is 4.88. The molecule has 0 aliphatic carbocycles. The topological polar surface area (TPSA) is 56.3 Å². The molecular formula is C9H4Cl3NO3S. The molecule has 2 heterocycles. The van der Waals surface area contributed by atoms with Crippen LogP contribution in [0, 0.1) is 10.1 Å². The molecule has 4 nitrogen and oxygen atoms in total. The summed E-state index contributed by atoms with van der Waals surface area (Å²) in [5.74, 6) is -0.0992. The summed E-state index contributed by atoms with van der Waals surface area (Å²) in [7, 11) is 0. The second kappa shape index (κ2) is 4.86. The maximum absolute atomic E-state index is 10.5. The zero-order valence-electron chi connectivity index (χ0n) is 8.02. The standard InChI is InChI=1S/C9H4Cl3NO3S/c10-6-3-4(9(12)17-6)8(11)5-1-2-7(16-5)13(14)15/h1-3,8H. The van der Waals surface area contributed by atoms with E-state index in [4.69, 9.17) is 39.2 Å². The molecule has 0 amide bonds. The van der Waals surface area contributed by atoms with Crippen molar-refractivity contribution in [1.29, 1.82) is 0 Å². The molecule has 90 valence electrons. The van der Waals surface area contributed by atoms with Crippen LogP contribution in [0.4, 0.5) is 5.88 Å². The molecule has 2 rings (SSSR count). The zero-order valence-corrected chi connectivity index (χ0v) is 11.1. The van der Waals surface area contributed by atoms with Gasteiger partial charge in [-0.25, -0.2) is 0 Å². The molecular weight excluding hydrogens is 309 g/mol. The Morgan fingerprint density at radius 2 is 2.12 bits per heavy atom. The maximum atomic E-state index is 10.5. The first kappa shape index (κ1) is 12.7. The van der Waals surface area contributed by atoms with Crippen LogP contribution < -0.4 is 0 Å². The monoisotopic (exact) mass is 311 g/mol. The van der Waals surface area contributed by atoms with Gasteiger partial charge in [-0.3, -0.25) is 10.1 Å². The number of rotatable bonds is 3. The fourth-order valence-electron chi connectivity index (χ4n) is 1.26. The molecule has 0 saturated carbocycles. The number of nitro groups is 1. The third-order valence-corrected chi connectivity index (χ3v) is 3.97. The molecule has 0 aromatic carbocycles. The predicted molar refractivity (Wildman–Crippen MR) is 67.4 cm³/mol. The highest BCUT2D eigenvalue weighted by atomic mass is 35.5. The average Bonchev–Trinajstić information content (AvgIpc) is 2.84. The third-order valence-electron chi connectivity index (χ3n) is 2.00. The van der Waals surface area contributed by atoms with Crippen LogP contribution in [0.1, 0.15) is 16.7 Å². The quantitative estimate of drug-likeness (QED) is 0.461. The molecule has 2 aromatic rings. The molecule has 0 fully saturated rings. The van der Waals surface area contributed by atoms with E-state index >= 15 is 0 Å². The van der Waals surface area contributed by atoms with Gasteiger partial charge in [-0.1, -0.05) is 23.2 Å². The van der Waals surface area contributed by atoms with Crippen molar-refractivity contribution in [2.75, 3.05) is 0 Å². The van der Waals surface area contributed by atoms with Gasteiger partial charge in [0, 0.05) is 5.56 Å². The lowest BCUT2D eigenvalue weighted by molar-refractivity contribution is -0.402. The highest BCUT2D eigenvalue weighted by molar-refractivity contribution is 7.20. The fourth-order valence-corrected chi connectivity index (χ4v) is 3.20. The largest absolute Gasteiger partial charge is 0.433 e. The van der Waals surface area contributed by atoms with Crippen LogP contribution >= 0.6 is 46.1 Å². The molecule has 1 atom stereocenters. The van der Waals surface area contributed by atoms with Crippen molar-refractivity contribution in [2.45, 2.75) is 5.38 Å². The Kier molecular flexibility index (Phi) is 3.63. The first-order valence-corrected chi connectivity index (χ1v) is 6.33. The molecule has 0 aliphatic heterocycles. The van der Waals surface area contributed by atoms with E-state index in [2.05, 4.69) is 0 Å². The number of hydrogen-bond donors (Lipinski definition) is 0. The minimum absolute atomic E-state index is 0.259. The van der Waals surface area contributed by atoms with E-state index < -0.39 is 10.3 Å². The molecule has 1 unspecified atom stereocenters. The van der Waals surface area contributed by atoms with Crippen LogP contribution in [0.5, 0.6) is 0 Å². The van der Waals surface area contributed by atoms with Crippen molar-refractivity contribution in [2.24, 2.45) is 0 Å². The maximum Gasteiger partial charge on any atom is 0.433 e. The molecule has 0 radical (unpaired) electrons. The summed E-state index contributed by atoms with van der Waals surface area (Å²) in [6.07, 6.45) is 0. The Hall–Kier alpha value is -0.750. The fraction of sp³-hybridized carbons (Fsp3) is 0.111. The van der Waals surface area contributed by atoms with Crippen LogP contribution in [0.25, 0.3) is 0 Å². The summed E-state index contributed by atoms with van der Waals surface area (Å²) in [5.41, 5.74) is 0.576. The Bertz CT molecular complexity index is 566. The first-order chi connectivity index (χ1) is 7.99. The van der Waals surface area contributed by atoms with Crippen LogP contribution in [-0.2, 0) is 0 Å². The Morgan fingerprint density at radius 3 is 2.59 bits per heavy atom. The molecule has 8 heteroatoms. The normalized spacial score (nSPS) is 12.6. The van der Waals surface area contributed by atoms with Crippen molar-refractivity contribution >= 4 is 52.0 Å². The molecule has 2 aromatic heterocycles. The van der Waals surface area contributed by atoms with E-state index in [9.17, 15) is 10.1 Å². The smallest absolute Gasteiger partial charge is 0.404 e. The Morgan fingerprint density at radius 1 is 1.41 bits per heavy atom. The number of halogens is 3. The lowest BCUT2D eigenvalue weighted by Gasteiger charge is -2.03. The molecule has 17 heavy (non-hydrogen) atoms. The van der Waals surface area contributed by atoms with Gasteiger partial charge in [-0.15, -0.1) is 22.9 Å². The second-order valence-corrected chi connectivity index (χ2v) is 5.80. The SMILES string of the molecule is O=[N+]([O-])c1ccc(C(Cl)c2cc(Cl)sc2Cl)o1. The minimum Gasteiger partial charge on any atom is -0.404 e. The van der Waals surface area contributed by atoms with E-state index in [1.807, 2.05) is 0 Å². The summed E-state index contributed by atoms with van der Waals surface area (Å²) < 4.78 is 5.93. The summed E-state index contributed by atoms with van der Waals surface area (Å²) in [6.45, 7) is 0. The molecule has 0 aliphatic rings. The van der Waals surface area contributed by atoms with Crippen molar-refractivity contribution in [1.82, 2.24) is 0 Å². The van der Waals surface area contributed by atoms with E-state index in [0.29, 0.717) is 14.2 Å². The summed E-state index contributed by atoms with van der Waals surface area (Å²) in [5, 5.41) is 9.77. The van der Waals surface area contributed by atoms with Gasteiger partial charge in [0.15, 0.2) is 0 Å². The van der Waals surface area contributed by atoms with Gasteiger partial charge in [0.25, 0.3) is 0 Å². The number of nitrogens with zero attached hydrogens (tertiary/aromatic N) is 1. The van der Waals surface area contributed by atoms with Crippen LogP contribution in [0.3, 0.4) is 0 Å². The Labute approximate surface area is 115 Å². The van der Waals surface area contributed by atoms with Gasteiger partial charge >= 0.3 is 5.88 Å². The zero-order chi connectivity index (χ0) is 12.6. The van der Waals surface area contributed by atoms with Gasteiger partial charge < -0.3 is 4.42 Å². The molecule has 0 N–H and O–H groups in total. The van der Waals surface area contributed by atoms with Crippen molar-refractivity contribution in [3.8, 4) is 0 Å². The van der Waals surface area contributed by atoms with E-state index in [0.717, 1.165) is 0 Å². The molecule has 0 bridgehead atoms. The lowest BCUT2D eigenvalue weighted by Crippen LogP contribution is -1.89. The number of alkyl halides is 1. The van der Waals surface area contributed by atoms with E-state index in [-0.39, 0.29) is 11.6 Å². The van der Waals surface area contributed by atoms with Crippen LogP contribution in [0.2, 0.25) is 8.67 Å². The third kappa shape index (κ3) is 2.57. The van der Waals surface area contributed by atoms with Gasteiger partial charge in [-0.2, -0.15) is 0 Å². The number of hydrogen-bond acceptors (Lipinski definition) is 4. The molecule has 0 saturated heterocycles. The van der Waals surface area contributed by atoms with E-state index in [1.54, 1.807) is 6.07 Å². The highest BCUT2D eigenvalue weighted by Crippen LogP contribution is 2.41. The van der Waals surface area contributed by atoms with Crippen LogP contribution in [0.15, 0.2) is 22.6 Å². The van der Waals surface area contributed by atoms with Gasteiger partial charge in [0.1, 0.15) is 16.1 Å². The minimum atomic E-state index is -0.694. The van der Waals surface area contributed by atoms with Gasteiger partial charge in [0.05, 0.1) is 14.7 Å². The molecule has 0 spiro atoms. The van der Waals surface area contributed by atoms with Gasteiger partial charge in [0.2, 0.25) is 0 Å². The summed E-state index contributed by atoms with van der Waals surface area (Å²) in [6, 6.07) is 4.30. The number of thiophene rings is 1. The summed E-state index contributed by atoms with van der Waals surface area (Å²) >= 11 is 19.0.